The second-order valence-electron chi connectivity index (χ2n) is 7.12. The lowest BCUT2D eigenvalue weighted by atomic mass is 10.0. The first-order valence-electron chi connectivity index (χ1n) is 8.51. The van der Waals surface area contributed by atoms with Crippen LogP contribution in [0.3, 0.4) is 0 Å². The van der Waals surface area contributed by atoms with Gasteiger partial charge in [0.15, 0.2) is 0 Å². The first-order chi connectivity index (χ1) is 11.5. The van der Waals surface area contributed by atoms with Crippen molar-refractivity contribution in [1.29, 1.82) is 0 Å². The zero-order valence-corrected chi connectivity index (χ0v) is 15.3. The predicted molar refractivity (Wildman–Crippen MR) is 96.2 cm³/mol. The summed E-state index contributed by atoms with van der Waals surface area (Å²) < 4.78 is 13.0. The Labute approximate surface area is 153 Å². The third-order valence-corrected chi connectivity index (χ3v) is 5.03. The number of carbonyl (C=O) groups is 2. The van der Waals surface area contributed by atoms with Gasteiger partial charge in [0.05, 0.1) is 0 Å². The molecule has 0 radical (unpaired) electrons. The Morgan fingerprint density at radius 1 is 1.16 bits per heavy atom. The van der Waals surface area contributed by atoms with Crippen molar-refractivity contribution in [2.75, 3.05) is 26.2 Å². The molecule has 0 aromatic heterocycles. The minimum Gasteiger partial charge on any atom is -0.340 e. The summed E-state index contributed by atoms with van der Waals surface area (Å²) in [5, 5.41) is 6.18. The summed E-state index contributed by atoms with van der Waals surface area (Å²) in [7, 11) is 0. The van der Waals surface area contributed by atoms with E-state index in [2.05, 4.69) is 10.6 Å². The molecule has 0 saturated carbocycles. The summed E-state index contributed by atoms with van der Waals surface area (Å²) in [6.07, 6.45) is 0. The standard InChI is InChI=1S/C18H24FN3O2.ClH/c1-11(2)16(21-17(23)12-3-5-15(19)6-4-12)18(24)22-9-13-7-20-8-14(13)10-22;/h3-6,11,13-14,16,20H,7-10H2,1-2H3,(H,21,23);1H/t13-,14+,16?;. The van der Waals surface area contributed by atoms with Crippen molar-refractivity contribution in [2.24, 2.45) is 17.8 Å². The number of hydrogen-bond acceptors (Lipinski definition) is 3. The molecule has 0 spiro atoms. The van der Waals surface area contributed by atoms with Crippen LogP contribution >= 0.6 is 12.4 Å². The van der Waals surface area contributed by atoms with Gasteiger partial charge < -0.3 is 15.5 Å². The van der Waals surface area contributed by atoms with Crippen LogP contribution in [0.15, 0.2) is 24.3 Å². The average Bonchev–Trinajstić information content (AvgIpc) is 3.13. The molecule has 2 saturated heterocycles. The van der Waals surface area contributed by atoms with Gasteiger partial charge in [-0.15, -0.1) is 12.4 Å². The number of nitrogens with one attached hydrogen (secondary N) is 2. The summed E-state index contributed by atoms with van der Waals surface area (Å²) in [6, 6.07) is 4.79. The molecule has 2 heterocycles. The maximum Gasteiger partial charge on any atom is 0.251 e. The smallest absolute Gasteiger partial charge is 0.251 e. The van der Waals surface area contributed by atoms with E-state index in [9.17, 15) is 14.0 Å². The lowest BCUT2D eigenvalue weighted by Crippen LogP contribution is -2.51. The molecular weight excluding hydrogens is 345 g/mol. The van der Waals surface area contributed by atoms with Crippen molar-refractivity contribution >= 4 is 24.2 Å². The molecule has 0 bridgehead atoms. The lowest BCUT2D eigenvalue weighted by molar-refractivity contribution is -0.133. The maximum absolute atomic E-state index is 13.0. The van der Waals surface area contributed by atoms with Gasteiger partial charge in [-0.05, 0) is 42.0 Å². The molecule has 3 atom stereocenters. The highest BCUT2D eigenvalue weighted by Gasteiger charge is 2.40. The molecule has 2 fully saturated rings. The molecule has 7 heteroatoms. The van der Waals surface area contributed by atoms with E-state index in [-0.39, 0.29) is 36.0 Å². The summed E-state index contributed by atoms with van der Waals surface area (Å²) in [5.41, 5.74) is 0.359. The van der Waals surface area contributed by atoms with Crippen LogP contribution in [0.25, 0.3) is 0 Å². The Morgan fingerprint density at radius 3 is 2.24 bits per heavy atom. The molecule has 3 rings (SSSR count). The first-order valence-corrected chi connectivity index (χ1v) is 8.51. The summed E-state index contributed by atoms with van der Waals surface area (Å²) >= 11 is 0. The van der Waals surface area contributed by atoms with E-state index in [1.165, 1.54) is 24.3 Å². The average molecular weight is 370 g/mol. The molecule has 25 heavy (non-hydrogen) atoms. The molecule has 1 unspecified atom stereocenters. The highest BCUT2D eigenvalue weighted by atomic mass is 35.5. The van der Waals surface area contributed by atoms with E-state index >= 15 is 0 Å². The second-order valence-corrected chi connectivity index (χ2v) is 7.12. The number of nitrogens with zero attached hydrogens (tertiary/aromatic N) is 1. The van der Waals surface area contributed by atoms with Crippen LogP contribution < -0.4 is 10.6 Å². The van der Waals surface area contributed by atoms with E-state index < -0.39 is 6.04 Å². The molecule has 0 aliphatic carbocycles. The van der Waals surface area contributed by atoms with Gasteiger partial charge in [0, 0.05) is 31.7 Å². The van der Waals surface area contributed by atoms with Gasteiger partial charge in [-0.25, -0.2) is 4.39 Å². The minimum absolute atomic E-state index is 0. The first kappa shape index (κ1) is 19.7. The van der Waals surface area contributed by atoms with Crippen molar-refractivity contribution in [2.45, 2.75) is 19.9 Å². The quantitative estimate of drug-likeness (QED) is 0.848. The zero-order valence-electron chi connectivity index (χ0n) is 14.5. The van der Waals surface area contributed by atoms with Gasteiger partial charge in [-0.3, -0.25) is 9.59 Å². The van der Waals surface area contributed by atoms with Crippen LogP contribution in [0.1, 0.15) is 24.2 Å². The van der Waals surface area contributed by atoms with Crippen LogP contribution in [0.4, 0.5) is 4.39 Å². The normalized spacial score (nSPS) is 23.1. The Kier molecular flexibility index (Phi) is 6.41. The number of rotatable bonds is 4. The van der Waals surface area contributed by atoms with Gasteiger partial charge >= 0.3 is 0 Å². The Bertz CT molecular complexity index is 611. The van der Waals surface area contributed by atoms with E-state index in [1.54, 1.807) is 0 Å². The molecule has 5 nitrogen and oxygen atoms in total. The van der Waals surface area contributed by atoms with Gasteiger partial charge in [0.2, 0.25) is 5.91 Å². The Hall–Kier alpha value is -1.66. The molecule has 2 N–H and O–H groups in total. The van der Waals surface area contributed by atoms with E-state index in [4.69, 9.17) is 0 Å². The number of benzene rings is 1. The Balaban J connectivity index is 0.00000225. The van der Waals surface area contributed by atoms with Crippen LogP contribution in [-0.2, 0) is 4.79 Å². The summed E-state index contributed by atoms with van der Waals surface area (Å²) in [4.78, 5) is 27.1. The zero-order chi connectivity index (χ0) is 17.3. The fourth-order valence-corrected chi connectivity index (χ4v) is 3.57. The number of carbonyl (C=O) groups excluding carboxylic acids is 2. The number of amides is 2. The molecule has 2 aliphatic rings. The largest absolute Gasteiger partial charge is 0.340 e. The van der Waals surface area contributed by atoms with Crippen molar-refractivity contribution in [3.8, 4) is 0 Å². The third-order valence-electron chi connectivity index (χ3n) is 5.03. The topological polar surface area (TPSA) is 61.4 Å². The monoisotopic (exact) mass is 369 g/mol. The van der Waals surface area contributed by atoms with Crippen LogP contribution in [0.2, 0.25) is 0 Å². The predicted octanol–water partition coefficient (Wildman–Crippen LogP) is 1.68. The van der Waals surface area contributed by atoms with Gasteiger partial charge in [0.1, 0.15) is 11.9 Å². The highest BCUT2D eigenvalue weighted by molar-refractivity contribution is 5.97. The summed E-state index contributed by atoms with van der Waals surface area (Å²) in [5.74, 6) is 0.280. The molecule has 2 amide bonds. The van der Waals surface area contributed by atoms with E-state index in [0.29, 0.717) is 17.4 Å². The number of hydrogen-bond donors (Lipinski definition) is 2. The number of halogens is 2. The van der Waals surface area contributed by atoms with Crippen LogP contribution in [0.5, 0.6) is 0 Å². The number of fused-ring (bicyclic) bond motifs is 1. The minimum atomic E-state index is -0.561. The SMILES string of the molecule is CC(C)C(NC(=O)c1ccc(F)cc1)C(=O)N1C[C@H]2CNC[C@H]2C1.Cl. The van der Waals surface area contributed by atoms with Crippen molar-refractivity contribution in [3.05, 3.63) is 35.6 Å². The lowest BCUT2D eigenvalue weighted by Gasteiger charge is -2.27. The highest BCUT2D eigenvalue weighted by Crippen LogP contribution is 2.27. The third kappa shape index (κ3) is 4.30. The van der Waals surface area contributed by atoms with E-state index in [1.807, 2.05) is 18.7 Å². The van der Waals surface area contributed by atoms with Gasteiger partial charge in [-0.1, -0.05) is 13.8 Å². The fraction of sp³-hybridized carbons (Fsp3) is 0.556. The number of likely N-dealkylation sites (tertiary alicyclic amines) is 1. The second kappa shape index (κ2) is 8.15. The maximum atomic E-state index is 13.0. The molecule has 2 aliphatic heterocycles. The van der Waals surface area contributed by atoms with Crippen molar-refractivity contribution in [1.82, 2.24) is 15.5 Å². The fourth-order valence-electron chi connectivity index (χ4n) is 3.57. The van der Waals surface area contributed by atoms with Gasteiger partial charge in [0.25, 0.3) is 5.91 Å². The Morgan fingerprint density at radius 2 is 1.72 bits per heavy atom. The summed E-state index contributed by atoms with van der Waals surface area (Å²) in [6.45, 7) is 7.28. The van der Waals surface area contributed by atoms with Crippen molar-refractivity contribution in [3.63, 3.8) is 0 Å². The molecule has 1 aromatic carbocycles. The van der Waals surface area contributed by atoms with Crippen LogP contribution in [0, 0.1) is 23.6 Å². The molecule has 138 valence electrons. The van der Waals surface area contributed by atoms with E-state index in [0.717, 1.165) is 26.2 Å². The van der Waals surface area contributed by atoms with Gasteiger partial charge in [-0.2, -0.15) is 0 Å². The van der Waals surface area contributed by atoms with Crippen LogP contribution in [-0.4, -0.2) is 48.9 Å². The molecule has 1 aromatic rings. The molecular formula is C18H25ClFN3O2. The van der Waals surface area contributed by atoms with Crippen molar-refractivity contribution < 1.29 is 14.0 Å².